The highest BCUT2D eigenvalue weighted by molar-refractivity contribution is 8.00. The number of hydrogen-bond acceptors (Lipinski definition) is 4. The van der Waals surface area contributed by atoms with Gasteiger partial charge in [-0.3, -0.25) is 9.78 Å². The molecule has 2 unspecified atom stereocenters. The molecular weight excluding hydrogens is 258 g/mol. The maximum atomic E-state index is 12.7. The Morgan fingerprint density at radius 2 is 2.11 bits per heavy atom. The summed E-state index contributed by atoms with van der Waals surface area (Å²) in [5.41, 5.74) is 0.653. The van der Waals surface area contributed by atoms with Crippen LogP contribution >= 0.6 is 11.8 Å². The minimum Gasteiger partial charge on any atom is -0.496 e. The number of pyridine rings is 1. The molecule has 0 radical (unpaired) electrons. The van der Waals surface area contributed by atoms with E-state index >= 15 is 0 Å². The van der Waals surface area contributed by atoms with Crippen LogP contribution in [0.3, 0.4) is 0 Å². The fraction of sp³-hybridized carbons (Fsp3) is 0.600. The SMILES string of the molecule is COc1ccncc1C(=O)C1CC2CCCC(C1)S2. The monoisotopic (exact) mass is 277 g/mol. The van der Waals surface area contributed by atoms with Crippen molar-refractivity contribution in [3.8, 4) is 5.75 Å². The first kappa shape index (κ1) is 13.0. The minimum absolute atomic E-state index is 0.162. The third kappa shape index (κ3) is 2.64. The molecular formula is C15H19NO2S. The Morgan fingerprint density at radius 3 is 2.79 bits per heavy atom. The van der Waals surface area contributed by atoms with E-state index in [4.69, 9.17) is 4.74 Å². The highest BCUT2D eigenvalue weighted by atomic mass is 32.2. The van der Waals surface area contributed by atoms with Gasteiger partial charge in [-0.1, -0.05) is 6.42 Å². The molecule has 3 rings (SSSR count). The van der Waals surface area contributed by atoms with Crippen molar-refractivity contribution in [2.75, 3.05) is 7.11 Å². The molecule has 0 spiro atoms. The zero-order valence-electron chi connectivity index (χ0n) is 11.2. The number of ketones is 1. The fourth-order valence-electron chi connectivity index (χ4n) is 3.24. The number of carbonyl (C=O) groups is 1. The van der Waals surface area contributed by atoms with Crippen LogP contribution in [0.5, 0.6) is 5.75 Å². The average molecular weight is 277 g/mol. The Kier molecular flexibility index (Phi) is 3.78. The summed E-state index contributed by atoms with van der Waals surface area (Å²) in [4.78, 5) is 16.8. The predicted molar refractivity (Wildman–Crippen MR) is 76.9 cm³/mol. The van der Waals surface area contributed by atoms with Crippen molar-refractivity contribution in [3.05, 3.63) is 24.0 Å². The first-order chi connectivity index (χ1) is 9.28. The van der Waals surface area contributed by atoms with E-state index in [2.05, 4.69) is 16.7 Å². The largest absolute Gasteiger partial charge is 0.496 e. The first-order valence-corrected chi connectivity index (χ1v) is 7.90. The van der Waals surface area contributed by atoms with Crippen LogP contribution in [0.25, 0.3) is 0 Å². The Bertz CT molecular complexity index is 465. The number of thioether (sulfide) groups is 1. The van der Waals surface area contributed by atoms with Gasteiger partial charge in [0.1, 0.15) is 5.75 Å². The molecule has 3 heterocycles. The van der Waals surface area contributed by atoms with Crippen molar-refractivity contribution < 1.29 is 9.53 Å². The molecule has 1 aromatic rings. The molecule has 2 aliphatic rings. The molecule has 2 saturated heterocycles. The molecule has 0 aliphatic carbocycles. The number of hydrogen-bond donors (Lipinski definition) is 0. The van der Waals surface area contributed by atoms with Gasteiger partial charge in [0.25, 0.3) is 0 Å². The Balaban J connectivity index is 1.80. The molecule has 0 N–H and O–H groups in total. The Morgan fingerprint density at radius 1 is 1.37 bits per heavy atom. The summed E-state index contributed by atoms with van der Waals surface area (Å²) < 4.78 is 5.29. The van der Waals surface area contributed by atoms with Crippen molar-refractivity contribution in [2.45, 2.75) is 42.6 Å². The van der Waals surface area contributed by atoms with E-state index in [-0.39, 0.29) is 11.7 Å². The highest BCUT2D eigenvalue weighted by Crippen LogP contribution is 2.45. The molecule has 0 aromatic carbocycles. The third-order valence-corrected chi connectivity index (χ3v) is 5.80. The van der Waals surface area contributed by atoms with Crippen LogP contribution in [0.1, 0.15) is 42.5 Å². The number of Topliss-reactive ketones (excluding diaryl/α,β-unsaturated/α-hetero) is 1. The quantitative estimate of drug-likeness (QED) is 0.794. The van der Waals surface area contributed by atoms with E-state index in [9.17, 15) is 4.79 Å². The normalized spacial score (nSPS) is 29.8. The maximum Gasteiger partial charge on any atom is 0.171 e. The van der Waals surface area contributed by atoms with E-state index in [1.54, 1.807) is 25.6 Å². The summed E-state index contributed by atoms with van der Waals surface area (Å²) in [6.07, 6.45) is 9.25. The van der Waals surface area contributed by atoms with Crippen LogP contribution < -0.4 is 4.74 Å². The summed E-state index contributed by atoms with van der Waals surface area (Å²) in [7, 11) is 1.61. The number of nitrogens with zero attached hydrogens (tertiary/aromatic N) is 1. The van der Waals surface area contributed by atoms with E-state index in [1.165, 1.54) is 19.3 Å². The summed E-state index contributed by atoms with van der Waals surface area (Å²) in [5, 5.41) is 1.37. The van der Waals surface area contributed by atoms with Gasteiger partial charge in [-0.15, -0.1) is 0 Å². The van der Waals surface area contributed by atoms with Crippen LogP contribution in [0.15, 0.2) is 18.5 Å². The lowest BCUT2D eigenvalue weighted by atomic mass is 9.84. The van der Waals surface area contributed by atoms with Crippen molar-refractivity contribution >= 4 is 17.5 Å². The second kappa shape index (κ2) is 5.53. The number of ether oxygens (including phenoxy) is 1. The molecule has 4 heteroatoms. The van der Waals surface area contributed by atoms with Gasteiger partial charge in [0.05, 0.1) is 12.7 Å². The predicted octanol–water partition coefficient (Wildman–Crippen LogP) is 3.34. The van der Waals surface area contributed by atoms with E-state index in [0.717, 1.165) is 12.8 Å². The van der Waals surface area contributed by atoms with Crippen LogP contribution in [0.4, 0.5) is 0 Å². The van der Waals surface area contributed by atoms with Gasteiger partial charge in [0.15, 0.2) is 5.78 Å². The summed E-state index contributed by atoms with van der Waals surface area (Å²) in [6, 6.07) is 1.77. The summed E-state index contributed by atoms with van der Waals surface area (Å²) in [6.45, 7) is 0. The second-order valence-electron chi connectivity index (χ2n) is 5.42. The van der Waals surface area contributed by atoms with Gasteiger partial charge in [-0.05, 0) is 31.7 Å². The van der Waals surface area contributed by atoms with Crippen molar-refractivity contribution in [1.29, 1.82) is 0 Å². The van der Waals surface area contributed by atoms with Crippen LogP contribution in [-0.2, 0) is 0 Å². The number of fused-ring (bicyclic) bond motifs is 2. The summed E-state index contributed by atoms with van der Waals surface area (Å²) in [5.74, 6) is 1.04. The van der Waals surface area contributed by atoms with Gasteiger partial charge in [0.2, 0.25) is 0 Å². The van der Waals surface area contributed by atoms with Crippen LogP contribution in [-0.4, -0.2) is 28.4 Å². The second-order valence-corrected chi connectivity index (χ2v) is 7.03. The van der Waals surface area contributed by atoms with Gasteiger partial charge >= 0.3 is 0 Å². The highest BCUT2D eigenvalue weighted by Gasteiger charge is 2.36. The van der Waals surface area contributed by atoms with Crippen molar-refractivity contribution in [1.82, 2.24) is 4.98 Å². The number of carbonyl (C=O) groups excluding carboxylic acids is 1. The number of aromatic nitrogens is 1. The molecule has 1 aromatic heterocycles. The number of methoxy groups -OCH3 is 1. The van der Waals surface area contributed by atoms with Gasteiger partial charge in [-0.2, -0.15) is 11.8 Å². The zero-order valence-corrected chi connectivity index (χ0v) is 12.0. The molecule has 102 valence electrons. The van der Waals surface area contributed by atoms with Crippen LogP contribution in [0.2, 0.25) is 0 Å². The Hall–Kier alpha value is -1.03. The van der Waals surface area contributed by atoms with Gasteiger partial charge in [-0.25, -0.2) is 0 Å². The third-order valence-electron chi connectivity index (χ3n) is 4.17. The molecule has 19 heavy (non-hydrogen) atoms. The minimum atomic E-state index is 0.162. The Labute approximate surface area is 118 Å². The van der Waals surface area contributed by atoms with Gasteiger partial charge < -0.3 is 4.74 Å². The zero-order chi connectivity index (χ0) is 13.2. The molecule has 0 saturated carbocycles. The van der Waals surface area contributed by atoms with E-state index in [1.807, 2.05) is 0 Å². The van der Waals surface area contributed by atoms with E-state index in [0.29, 0.717) is 21.8 Å². The standard InChI is InChI=1S/C15H19NO2S/c1-18-14-5-6-16-9-13(14)15(17)10-7-11-3-2-4-12(8-10)19-11/h5-6,9-12H,2-4,7-8H2,1H3. The fourth-order valence-corrected chi connectivity index (χ4v) is 5.07. The smallest absolute Gasteiger partial charge is 0.171 e. The van der Waals surface area contributed by atoms with E-state index < -0.39 is 0 Å². The lowest BCUT2D eigenvalue weighted by Gasteiger charge is -2.38. The molecule has 2 fully saturated rings. The van der Waals surface area contributed by atoms with Gasteiger partial charge in [0, 0.05) is 28.8 Å². The van der Waals surface area contributed by atoms with Crippen LogP contribution in [0, 0.1) is 5.92 Å². The number of rotatable bonds is 3. The molecule has 2 atom stereocenters. The summed E-state index contributed by atoms with van der Waals surface area (Å²) >= 11 is 2.10. The molecule has 3 nitrogen and oxygen atoms in total. The lowest BCUT2D eigenvalue weighted by Crippen LogP contribution is -2.33. The molecule has 2 bridgehead atoms. The molecule has 2 aliphatic heterocycles. The molecule has 0 amide bonds. The average Bonchev–Trinajstić information content (AvgIpc) is 2.46. The first-order valence-electron chi connectivity index (χ1n) is 6.95. The van der Waals surface area contributed by atoms with Crippen molar-refractivity contribution in [2.24, 2.45) is 5.92 Å². The lowest BCUT2D eigenvalue weighted by molar-refractivity contribution is 0.0893. The topological polar surface area (TPSA) is 39.2 Å². The maximum absolute atomic E-state index is 12.7. The van der Waals surface area contributed by atoms with Crippen molar-refractivity contribution in [3.63, 3.8) is 0 Å².